The number of methoxy groups -OCH3 is 1. The molecule has 1 aromatic rings. The molecule has 0 unspecified atom stereocenters. The van der Waals surface area contributed by atoms with E-state index in [0.29, 0.717) is 5.88 Å². The molecule has 0 N–H and O–H groups in total. The summed E-state index contributed by atoms with van der Waals surface area (Å²) >= 11 is 5.85. The lowest BCUT2D eigenvalue weighted by Gasteiger charge is -2.42. The quantitative estimate of drug-likeness (QED) is 0.735. The topological polar surface area (TPSA) is 18.5 Å². The molecule has 1 aliphatic rings. The van der Waals surface area contributed by atoms with Crippen LogP contribution in [0, 0.1) is 0 Å². The summed E-state index contributed by atoms with van der Waals surface area (Å²) in [5.41, 5.74) is 1.30. The molecule has 0 atom stereocenters. The minimum absolute atomic E-state index is 0.0777. The van der Waals surface area contributed by atoms with Crippen LogP contribution >= 0.6 is 11.6 Å². The summed E-state index contributed by atoms with van der Waals surface area (Å²) in [4.78, 5) is 0. The molecule has 1 aliphatic heterocycles. The fraction of sp³-hybridized carbons (Fsp3) is 0.500. The zero-order chi connectivity index (χ0) is 10.7. The van der Waals surface area contributed by atoms with Crippen molar-refractivity contribution in [2.24, 2.45) is 0 Å². The molecule has 1 aromatic carbocycles. The van der Waals surface area contributed by atoms with Gasteiger partial charge in [0, 0.05) is 16.9 Å². The van der Waals surface area contributed by atoms with Gasteiger partial charge in [-0.2, -0.15) is 0 Å². The van der Waals surface area contributed by atoms with E-state index in [1.54, 1.807) is 7.11 Å². The number of halogens is 1. The summed E-state index contributed by atoms with van der Waals surface area (Å²) in [7, 11) is 1.70. The summed E-state index contributed by atoms with van der Waals surface area (Å²) in [6.07, 6.45) is 0.939. The van der Waals surface area contributed by atoms with Gasteiger partial charge >= 0.3 is 0 Å². The summed E-state index contributed by atoms with van der Waals surface area (Å²) in [6.45, 7) is 1.50. The van der Waals surface area contributed by atoms with Gasteiger partial charge in [0.15, 0.2) is 0 Å². The highest BCUT2D eigenvalue weighted by Crippen LogP contribution is 2.40. The van der Waals surface area contributed by atoms with E-state index in [-0.39, 0.29) is 5.41 Å². The van der Waals surface area contributed by atoms with Crippen molar-refractivity contribution in [3.8, 4) is 5.75 Å². The number of alkyl halides is 1. The summed E-state index contributed by atoms with van der Waals surface area (Å²) in [5.74, 6) is 1.59. The van der Waals surface area contributed by atoms with E-state index in [9.17, 15) is 0 Å². The highest BCUT2D eigenvalue weighted by molar-refractivity contribution is 6.17. The molecule has 1 heterocycles. The highest BCUT2D eigenvalue weighted by Gasteiger charge is 2.41. The summed E-state index contributed by atoms with van der Waals surface area (Å²) in [6, 6.07) is 8.11. The Morgan fingerprint density at radius 1 is 1.40 bits per heavy atom. The van der Waals surface area contributed by atoms with Crippen molar-refractivity contribution in [3.05, 3.63) is 29.8 Å². The monoisotopic (exact) mass is 226 g/mol. The van der Waals surface area contributed by atoms with Gasteiger partial charge in [-0.25, -0.2) is 0 Å². The van der Waals surface area contributed by atoms with Crippen LogP contribution in [-0.4, -0.2) is 26.2 Å². The van der Waals surface area contributed by atoms with Crippen LogP contribution in [0.2, 0.25) is 0 Å². The van der Waals surface area contributed by atoms with Crippen LogP contribution in [0.5, 0.6) is 5.75 Å². The van der Waals surface area contributed by atoms with Crippen molar-refractivity contribution >= 4 is 11.6 Å². The fourth-order valence-corrected chi connectivity index (χ4v) is 2.41. The maximum Gasteiger partial charge on any atom is 0.122 e. The molecule has 82 valence electrons. The molecule has 3 heteroatoms. The number of hydrogen-bond acceptors (Lipinski definition) is 2. The predicted octanol–water partition coefficient (Wildman–Crippen LogP) is 2.59. The molecule has 0 aliphatic carbocycles. The van der Waals surface area contributed by atoms with Crippen LogP contribution in [0.15, 0.2) is 24.3 Å². The van der Waals surface area contributed by atoms with Crippen LogP contribution < -0.4 is 4.74 Å². The lowest BCUT2D eigenvalue weighted by molar-refractivity contribution is -0.0624. The number of para-hydroxylation sites is 1. The smallest absolute Gasteiger partial charge is 0.122 e. The second-order valence-electron chi connectivity index (χ2n) is 3.91. The third-order valence-corrected chi connectivity index (χ3v) is 3.20. The standard InChI is InChI=1S/C12H15ClO2/c1-14-11-5-3-2-4-10(11)12(6-7-13)8-15-9-12/h2-5H,6-9H2,1H3. The Morgan fingerprint density at radius 2 is 2.13 bits per heavy atom. The summed E-state index contributed by atoms with van der Waals surface area (Å²) < 4.78 is 10.7. The zero-order valence-electron chi connectivity index (χ0n) is 8.83. The largest absolute Gasteiger partial charge is 0.496 e. The molecule has 0 saturated carbocycles. The Kier molecular flexibility index (Phi) is 3.17. The minimum atomic E-state index is 0.0777. The molecule has 1 saturated heterocycles. The first-order chi connectivity index (χ1) is 7.32. The Morgan fingerprint density at radius 3 is 2.67 bits per heavy atom. The minimum Gasteiger partial charge on any atom is -0.496 e. The van der Waals surface area contributed by atoms with Gasteiger partial charge in [0.05, 0.1) is 20.3 Å². The SMILES string of the molecule is COc1ccccc1C1(CCCl)COC1. The van der Waals surface area contributed by atoms with Crippen LogP contribution in [0.1, 0.15) is 12.0 Å². The summed E-state index contributed by atoms with van der Waals surface area (Å²) in [5, 5.41) is 0. The van der Waals surface area contributed by atoms with Crippen molar-refractivity contribution in [1.29, 1.82) is 0 Å². The van der Waals surface area contributed by atoms with Crippen LogP contribution in [-0.2, 0) is 10.2 Å². The van der Waals surface area contributed by atoms with E-state index in [2.05, 4.69) is 6.07 Å². The van der Waals surface area contributed by atoms with Gasteiger partial charge in [0.25, 0.3) is 0 Å². The lowest BCUT2D eigenvalue weighted by Crippen LogP contribution is -2.47. The van der Waals surface area contributed by atoms with Crippen molar-refractivity contribution in [2.45, 2.75) is 11.8 Å². The van der Waals surface area contributed by atoms with Gasteiger partial charge in [-0.05, 0) is 12.5 Å². The van der Waals surface area contributed by atoms with Gasteiger partial charge in [0.1, 0.15) is 5.75 Å². The number of hydrogen-bond donors (Lipinski definition) is 0. The average Bonchev–Trinajstić information content (AvgIpc) is 2.23. The second kappa shape index (κ2) is 4.42. The van der Waals surface area contributed by atoms with Crippen LogP contribution in [0.4, 0.5) is 0 Å². The van der Waals surface area contributed by atoms with E-state index in [0.717, 1.165) is 25.4 Å². The molecule has 0 spiro atoms. The molecule has 0 amide bonds. The molecule has 2 nitrogen and oxygen atoms in total. The van der Waals surface area contributed by atoms with E-state index in [1.165, 1.54) is 5.56 Å². The Bertz CT molecular complexity index is 334. The first kappa shape index (κ1) is 10.8. The first-order valence-corrected chi connectivity index (χ1v) is 5.63. The molecule has 0 radical (unpaired) electrons. The van der Waals surface area contributed by atoms with Crippen molar-refractivity contribution in [1.82, 2.24) is 0 Å². The van der Waals surface area contributed by atoms with Gasteiger partial charge in [-0.1, -0.05) is 18.2 Å². The highest BCUT2D eigenvalue weighted by atomic mass is 35.5. The maximum absolute atomic E-state index is 5.85. The fourth-order valence-electron chi connectivity index (χ4n) is 2.05. The van der Waals surface area contributed by atoms with Crippen molar-refractivity contribution in [3.63, 3.8) is 0 Å². The normalized spacial score (nSPS) is 18.3. The predicted molar refractivity (Wildman–Crippen MR) is 60.8 cm³/mol. The number of ether oxygens (including phenoxy) is 2. The zero-order valence-corrected chi connectivity index (χ0v) is 9.59. The first-order valence-electron chi connectivity index (χ1n) is 5.09. The Hall–Kier alpha value is -0.730. The van der Waals surface area contributed by atoms with E-state index in [1.807, 2.05) is 18.2 Å². The second-order valence-corrected chi connectivity index (χ2v) is 4.29. The van der Waals surface area contributed by atoms with Crippen molar-refractivity contribution in [2.75, 3.05) is 26.2 Å². The van der Waals surface area contributed by atoms with E-state index >= 15 is 0 Å². The number of benzene rings is 1. The van der Waals surface area contributed by atoms with Gasteiger partial charge < -0.3 is 9.47 Å². The van der Waals surface area contributed by atoms with E-state index in [4.69, 9.17) is 21.1 Å². The van der Waals surface area contributed by atoms with E-state index < -0.39 is 0 Å². The van der Waals surface area contributed by atoms with Gasteiger partial charge in [0.2, 0.25) is 0 Å². The maximum atomic E-state index is 5.85. The molecule has 0 aromatic heterocycles. The molecule has 0 bridgehead atoms. The lowest BCUT2D eigenvalue weighted by atomic mass is 9.76. The average molecular weight is 227 g/mol. The van der Waals surface area contributed by atoms with Gasteiger partial charge in [-0.3, -0.25) is 0 Å². The van der Waals surface area contributed by atoms with Crippen LogP contribution in [0.25, 0.3) is 0 Å². The Balaban J connectivity index is 2.33. The third-order valence-electron chi connectivity index (χ3n) is 3.01. The number of rotatable bonds is 4. The molecular formula is C12H15ClO2. The van der Waals surface area contributed by atoms with Crippen LogP contribution in [0.3, 0.4) is 0 Å². The molecule has 1 fully saturated rings. The third kappa shape index (κ3) is 1.84. The molecular weight excluding hydrogens is 212 g/mol. The molecule has 2 rings (SSSR count). The van der Waals surface area contributed by atoms with Crippen molar-refractivity contribution < 1.29 is 9.47 Å². The van der Waals surface area contributed by atoms with Gasteiger partial charge in [-0.15, -0.1) is 11.6 Å². The molecule has 15 heavy (non-hydrogen) atoms. The Labute approximate surface area is 95.1 Å².